The fraction of sp³-hybridized carbons (Fsp3) is 1.00. The molecule has 1 heterocycles. The summed E-state index contributed by atoms with van der Waals surface area (Å²) in [6, 6.07) is 0. The molecule has 19 heavy (non-hydrogen) atoms. The lowest BCUT2D eigenvalue weighted by atomic mass is 9.88. The Morgan fingerprint density at radius 2 is 1.58 bits per heavy atom. The first kappa shape index (κ1) is 15.7. The Hall–Kier alpha value is 0.360. The van der Waals surface area contributed by atoms with Crippen LogP contribution in [0.15, 0.2) is 0 Å². The van der Waals surface area contributed by atoms with Gasteiger partial charge in [0.15, 0.2) is 0 Å². The fourth-order valence-electron chi connectivity index (χ4n) is 3.45. The maximum atomic E-state index is 3.77. The van der Waals surface area contributed by atoms with Crippen LogP contribution >= 0.6 is 15.9 Å². The van der Waals surface area contributed by atoms with Gasteiger partial charge in [0.05, 0.1) is 0 Å². The number of piperazine rings is 1. The molecule has 0 aromatic heterocycles. The molecule has 0 spiro atoms. The SMILES string of the molecule is CN(C)CCN1CCN(CC2(CBr)CCCC2)CC1. The maximum absolute atomic E-state index is 3.77. The molecule has 1 aliphatic carbocycles. The topological polar surface area (TPSA) is 9.72 Å². The van der Waals surface area contributed by atoms with Crippen molar-refractivity contribution in [3.05, 3.63) is 0 Å². The van der Waals surface area contributed by atoms with Gasteiger partial charge in [-0.2, -0.15) is 0 Å². The summed E-state index contributed by atoms with van der Waals surface area (Å²) in [4.78, 5) is 7.61. The summed E-state index contributed by atoms with van der Waals surface area (Å²) in [6.07, 6.45) is 5.74. The molecule has 4 heteroatoms. The number of rotatable bonds is 6. The zero-order chi connectivity index (χ0) is 13.7. The molecular weight excluding hydrogens is 302 g/mol. The van der Waals surface area contributed by atoms with Gasteiger partial charge < -0.3 is 9.80 Å². The quantitative estimate of drug-likeness (QED) is 0.690. The predicted molar refractivity (Wildman–Crippen MR) is 86.1 cm³/mol. The van der Waals surface area contributed by atoms with Gasteiger partial charge in [-0.3, -0.25) is 4.90 Å². The first-order valence-electron chi connectivity index (χ1n) is 7.79. The van der Waals surface area contributed by atoms with Crippen LogP contribution in [0.4, 0.5) is 0 Å². The van der Waals surface area contributed by atoms with Gasteiger partial charge in [-0.25, -0.2) is 0 Å². The second-order valence-electron chi connectivity index (χ2n) is 6.76. The van der Waals surface area contributed by atoms with Crippen molar-refractivity contribution in [3.63, 3.8) is 0 Å². The molecule has 0 unspecified atom stereocenters. The highest BCUT2D eigenvalue weighted by Gasteiger charge is 2.35. The molecule has 1 aliphatic heterocycles. The lowest BCUT2D eigenvalue weighted by molar-refractivity contribution is 0.0911. The van der Waals surface area contributed by atoms with Gasteiger partial charge in [-0.1, -0.05) is 28.8 Å². The van der Waals surface area contributed by atoms with Crippen molar-refractivity contribution in [1.29, 1.82) is 0 Å². The molecular formula is C15H30BrN3. The minimum Gasteiger partial charge on any atom is -0.308 e. The summed E-state index contributed by atoms with van der Waals surface area (Å²) in [5.41, 5.74) is 0.589. The van der Waals surface area contributed by atoms with Gasteiger partial charge in [0.1, 0.15) is 0 Å². The molecule has 112 valence electrons. The van der Waals surface area contributed by atoms with E-state index >= 15 is 0 Å². The van der Waals surface area contributed by atoms with Crippen LogP contribution in [0.1, 0.15) is 25.7 Å². The van der Waals surface area contributed by atoms with E-state index < -0.39 is 0 Å². The zero-order valence-corrected chi connectivity index (χ0v) is 14.3. The zero-order valence-electron chi connectivity index (χ0n) is 12.7. The van der Waals surface area contributed by atoms with Crippen molar-refractivity contribution in [2.75, 3.05) is 65.2 Å². The van der Waals surface area contributed by atoms with Crippen molar-refractivity contribution in [2.45, 2.75) is 25.7 Å². The molecule has 2 fully saturated rings. The number of hydrogen-bond donors (Lipinski definition) is 0. The summed E-state index contributed by atoms with van der Waals surface area (Å²) >= 11 is 3.77. The van der Waals surface area contributed by atoms with Gasteiger partial charge in [0.2, 0.25) is 0 Å². The monoisotopic (exact) mass is 331 g/mol. The van der Waals surface area contributed by atoms with Crippen molar-refractivity contribution in [2.24, 2.45) is 5.41 Å². The minimum atomic E-state index is 0.589. The van der Waals surface area contributed by atoms with Gasteiger partial charge in [0, 0.05) is 51.1 Å². The Balaban J connectivity index is 1.71. The van der Waals surface area contributed by atoms with Crippen molar-refractivity contribution < 1.29 is 0 Å². The number of likely N-dealkylation sites (N-methyl/N-ethyl adjacent to an activating group) is 1. The highest BCUT2D eigenvalue weighted by Crippen LogP contribution is 2.40. The molecule has 3 nitrogen and oxygen atoms in total. The van der Waals surface area contributed by atoms with Crippen LogP contribution < -0.4 is 0 Å². The van der Waals surface area contributed by atoms with Crippen molar-refractivity contribution in [1.82, 2.24) is 14.7 Å². The van der Waals surface area contributed by atoms with Gasteiger partial charge >= 0.3 is 0 Å². The largest absolute Gasteiger partial charge is 0.308 e. The molecule has 0 atom stereocenters. The summed E-state index contributed by atoms with van der Waals surface area (Å²) in [7, 11) is 4.33. The molecule has 0 bridgehead atoms. The van der Waals surface area contributed by atoms with E-state index in [1.165, 1.54) is 76.8 Å². The van der Waals surface area contributed by atoms with Crippen LogP contribution in [0.5, 0.6) is 0 Å². The summed E-state index contributed by atoms with van der Waals surface area (Å²) < 4.78 is 0. The molecule has 2 aliphatic rings. The summed E-state index contributed by atoms with van der Waals surface area (Å²) in [5.74, 6) is 0. The van der Waals surface area contributed by atoms with Crippen molar-refractivity contribution >= 4 is 15.9 Å². The van der Waals surface area contributed by atoms with E-state index in [9.17, 15) is 0 Å². The van der Waals surface area contributed by atoms with Crippen LogP contribution in [-0.2, 0) is 0 Å². The number of halogens is 1. The van der Waals surface area contributed by atoms with E-state index in [1.807, 2.05) is 0 Å². The highest BCUT2D eigenvalue weighted by atomic mass is 79.9. The van der Waals surface area contributed by atoms with Crippen LogP contribution in [0.3, 0.4) is 0 Å². The van der Waals surface area contributed by atoms with Crippen LogP contribution in [-0.4, -0.2) is 79.9 Å². The average Bonchev–Trinajstić information content (AvgIpc) is 2.87. The van der Waals surface area contributed by atoms with Crippen LogP contribution in [0.25, 0.3) is 0 Å². The Kier molecular flexibility index (Phi) is 6.12. The van der Waals surface area contributed by atoms with Gasteiger partial charge in [0.25, 0.3) is 0 Å². The minimum absolute atomic E-state index is 0.589. The number of alkyl halides is 1. The smallest absolute Gasteiger partial charge is 0.0110 e. The molecule has 0 amide bonds. The van der Waals surface area contributed by atoms with Crippen molar-refractivity contribution in [3.8, 4) is 0 Å². The standard InChI is InChI=1S/C15H30BrN3/c1-17(2)7-8-18-9-11-19(12-10-18)14-15(13-16)5-3-4-6-15/h3-14H2,1-2H3. The Morgan fingerprint density at radius 3 is 2.11 bits per heavy atom. The fourth-order valence-corrected chi connectivity index (χ4v) is 4.18. The number of nitrogens with zero attached hydrogens (tertiary/aromatic N) is 3. The lowest BCUT2D eigenvalue weighted by Crippen LogP contribution is -2.50. The third kappa shape index (κ3) is 4.69. The molecule has 0 aromatic rings. The second kappa shape index (κ2) is 7.39. The van der Waals surface area contributed by atoms with E-state index in [4.69, 9.17) is 0 Å². The van der Waals surface area contributed by atoms with Crippen LogP contribution in [0.2, 0.25) is 0 Å². The molecule has 0 radical (unpaired) electrons. The molecule has 1 saturated carbocycles. The Bertz CT molecular complexity index is 256. The Morgan fingerprint density at radius 1 is 1.00 bits per heavy atom. The van der Waals surface area contributed by atoms with Gasteiger partial charge in [-0.15, -0.1) is 0 Å². The predicted octanol–water partition coefficient (Wildman–Crippen LogP) is 2.12. The first-order valence-corrected chi connectivity index (χ1v) is 8.91. The van der Waals surface area contributed by atoms with Crippen LogP contribution in [0, 0.1) is 5.41 Å². The lowest BCUT2D eigenvalue weighted by Gasteiger charge is -2.40. The number of hydrogen-bond acceptors (Lipinski definition) is 3. The molecule has 0 aromatic carbocycles. The van der Waals surface area contributed by atoms with E-state index in [0.29, 0.717) is 5.41 Å². The summed E-state index contributed by atoms with van der Waals surface area (Å²) in [6.45, 7) is 8.78. The normalized spacial score (nSPS) is 25.3. The summed E-state index contributed by atoms with van der Waals surface area (Å²) in [5, 5.41) is 1.20. The Labute approximate surface area is 127 Å². The molecule has 1 saturated heterocycles. The third-order valence-corrected chi connectivity index (χ3v) is 6.02. The average molecular weight is 332 g/mol. The molecule has 0 N–H and O–H groups in total. The van der Waals surface area contributed by atoms with E-state index in [2.05, 4.69) is 44.7 Å². The second-order valence-corrected chi connectivity index (χ2v) is 7.32. The molecule has 2 rings (SSSR count). The highest BCUT2D eigenvalue weighted by molar-refractivity contribution is 9.09. The van der Waals surface area contributed by atoms with E-state index in [1.54, 1.807) is 0 Å². The van der Waals surface area contributed by atoms with E-state index in [-0.39, 0.29) is 0 Å². The first-order chi connectivity index (χ1) is 9.13. The van der Waals surface area contributed by atoms with Gasteiger partial charge in [-0.05, 0) is 32.4 Å². The van der Waals surface area contributed by atoms with E-state index in [0.717, 1.165) is 0 Å². The maximum Gasteiger partial charge on any atom is 0.0110 e. The third-order valence-electron chi connectivity index (χ3n) is 4.84.